The molecule has 0 aliphatic carbocycles. The smallest absolute Gasteiger partial charge is 0.333 e. The maximum absolute atomic E-state index is 11.3. The Bertz CT molecular complexity index is 473. The van der Waals surface area contributed by atoms with Gasteiger partial charge in [0.2, 0.25) is 0 Å². The topological polar surface area (TPSA) is 79.1 Å². The molecule has 0 unspecified atom stereocenters. The molecule has 7 nitrogen and oxygen atoms in total. The van der Waals surface area contributed by atoms with Gasteiger partial charge in [-0.15, -0.1) is 0 Å². The minimum atomic E-state index is -0.395. The van der Waals surface area contributed by atoms with E-state index in [0.717, 1.165) is 13.1 Å². The highest BCUT2D eigenvalue weighted by Gasteiger charge is 2.26. The lowest BCUT2D eigenvalue weighted by molar-refractivity contribution is -0.385. The standard InChI is InChI=1S/C13H19N3O4/c1-20-12-4-2-3-11(13(12)16(18)19)15-7-5-14(6-8-15)9-10-17/h2-4,17H,5-10H2,1H3. The fraction of sp³-hybridized carbons (Fsp3) is 0.538. The van der Waals surface area contributed by atoms with Gasteiger partial charge in [0.25, 0.3) is 0 Å². The Labute approximate surface area is 117 Å². The van der Waals surface area contributed by atoms with E-state index in [2.05, 4.69) is 4.90 Å². The fourth-order valence-corrected chi connectivity index (χ4v) is 2.47. The highest BCUT2D eigenvalue weighted by Crippen LogP contribution is 2.37. The highest BCUT2D eigenvalue weighted by molar-refractivity contribution is 5.70. The van der Waals surface area contributed by atoms with E-state index in [4.69, 9.17) is 9.84 Å². The Morgan fingerprint density at radius 1 is 1.35 bits per heavy atom. The van der Waals surface area contributed by atoms with Crippen LogP contribution in [0.5, 0.6) is 5.75 Å². The minimum Gasteiger partial charge on any atom is -0.490 e. The van der Waals surface area contributed by atoms with E-state index in [1.165, 1.54) is 7.11 Å². The first-order chi connectivity index (χ1) is 9.67. The third-order valence-corrected chi connectivity index (χ3v) is 3.51. The van der Waals surface area contributed by atoms with Crippen molar-refractivity contribution in [3.63, 3.8) is 0 Å². The van der Waals surface area contributed by atoms with E-state index in [1.54, 1.807) is 18.2 Å². The van der Waals surface area contributed by atoms with Gasteiger partial charge in [-0.1, -0.05) is 6.07 Å². The lowest BCUT2D eigenvalue weighted by Gasteiger charge is -2.35. The molecule has 1 saturated heterocycles. The second kappa shape index (κ2) is 6.53. The van der Waals surface area contributed by atoms with Crippen LogP contribution in [0.25, 0.3) is 0 Å². The van der Waals surface area contributed by atoms with Gasteiger partial charge in [-0.2, -0.15) is 0 Å². The molecule has 2 rings (SSSR count). The zero-order valence-electron chi connectivity index (χ0n) is 11.5. The third-order valence-electron chi connectivity index (χ3n) is 3.51. The molecule has 1 aromatic rings. The van der Waals surface area contributed by atoms with Crippen LogP contribution in [0.4, 0.5) is 11.4 Å². The Kier molecular flexibility index (Phi) is 4.75. The highest BCUT2D eigenvalue weighted by atomic mass is 16.6. The van der Waals surface area contributed by atoms with E-state index in [0.29, 0.717) is 25.3 Å². The number of piperazine rings is 1. The number of nitro benzene ring substituents is 1. The zero-order valence-corrected chi connectivity index (χ0v) is 11.5. The number of anilines is 1. The maximum Gasteiger partial charge on any atom is 0.333 e. The molecule has 0 atom stereocenters. The lowest BCUT2D eigenvalue weighted by atomic mass is 10.2. The number of nitro groups is 1. The van der Waals surface area contributed by atoms with Gasteiger partial charge < -0.3 is 14.7 Å². The second-order valence-corrected chi connectivity index (χ2v) is 4.64. The van der Waals surface area contributed by atoms with Crippen molar-refractivity contribution in [2.45, 2.75) is 0 Å². The Morgan fingerprint density at radius 3 is 2.60 bits per heavy atom. The summed E-state index contributed by atoms with van der Waals surface area (Å²) in [7, 11) is 1.44. The molecule has 0 spiro atoms. The summed E-state index contributed by atoms with van der Waals surface area (Å²) in [6, 6.07) is 5.12. The molecule has 1 N–H and O–H groups in total. The van der Waals surface area contributed by atoms with Crippen molar-refractivity contribution in [3.05, 3.63) is 28.3 Å². The van der Waals surface area contributed by atoms with Gasteiger partial charge >= 0.3 is 5.69 Å². The van der Waals surface area contributed by atoms with E-state index < -0.39 is 4.92 Å². The number of aliphatic hydroxyl groups excluding tert-OH is 1. The number of hydrogen-bond donors (Lipinski definition) is 1. The molecule has 110 valence electrons. The van der Waals surface area contributed by atoms with E-state index in [1.807, 2.05) is 4.90 Å². The number of nitrogens with zero attached hydrogens (tertiary/aromatic N) is 3. The number of para-hydroxylation sites is 1. The Morgan fingerprint density at radius 2 is 2.05 bits per heavy atom. The number of rotatable bonds is 5. The summed E-state index contributed by atoms with van der Waals surface area (Å²) < 4.78 is 5.09. The average molecular weight is 281 g/mol. The number of benzene rings is 1. The largest absolute Gasteiger partial charge is 0.490 e. The molecule has 20 heavy (non-hydrogen) atoms. The fourth-order valence-electron chi connectivity index (χ4n) is 2.47. The number of β-amino-alcohol motifs (C(OH)–C–C–N with tert-alkyl or cyclic N) is 1. The second-order valence-electron chi connectivity index (χ2n) is 4.64. The molecule has 1 aromatic carbocycles. The van der Waals surface area contributed by atoms with Crippen molar-refractivity contribution in [2.75, 3.05) is 51.3 Å². The first kappa shape index (κ1) is 14.5. The zero-order chi connectivity index (χ0) is 14.5. The quantitative estimate of drug-likeness (QED) is 0.633. The van der Waals surface area contributed by atoms with E-state index >= 15 is 0 Å². The van der Waals surface area contributed by atoms with Gasteiger partial charge in [-0.05, 0) is 12.1 Å². The predicted octanol–water partition coefficient (Wildman–Crippen LogP) is 0.718. The number of hydrogen-bond acceptors (Lipinski definition) is 6. The van der Waals surface area contributed by atoms with Crippen molar-refractivity contribution in [3.8, 4) is 5.75 Å². The first-order valence-corrected chi connectivity index (χ1v) is 6.57. The number of ether oxygens (including phenoxy) is 1. The Hall–Kier alpha value is -1.86. The van der Waals surface area contributed by atoms with Crippen molar-refractivity contribution < 1.29 is 14.8 Å². The monoisotopic (exact) mass is 281 g/mol. The van der Waals surface area contributed by atoms with Crippen LogP contribution in [0.2, 0.25) is 0 Å². The summed E-state index contributed by atoms with van der Waals surface area (Å²) >= 11 is 0. The molecule has 1 heterocycles. The van der Waals surface area contributed by atoms with Crippen LogP contribution in [0, 0.1) is 10.1 Å². The Balaban J connectivity index is 2.19. The van der Waals surface area contributed by atoms with Crippen LogP contribution in [0.1, 0.15) is 0 Å². The van der Waals surface area contributed by atoms with E-state index in [-0.39, 0.29) is 18.0 Å². The van der Waals surface area contributed by atoms with Crippen LogP contribution < -0.4 is 9.64 Å². The van der Waals surface area contributed by atoms with E-state index in [9.17, 15) is 10.1 Å². The summed E-state index contributed by atoms with van der Waals surface area (Å²) in [5, 5.41) is 20.2. The van der Waals surface area contributed by atoms with Crippen molar-refractivity contribution in [1.29, 1.82) is 0 Å². The third kappa shape index (κ3) is 3.00. The summed E-state index contributed by atoms with van der Waals surface area (Å²) in [6.45, 7) is 3.76. The minimum absolute atomic E-state index is 0.0191. The summed E-state index contributed by atoms with van der Waals surface area (Å²) in [6.07, 6.45) is 0. The molecule has 1 aliphatic rings. The molecule has 0 bridgehead atoms. The van der Waals surface area contributed by atoms with Crippen LogP contribution in [0.3, 0.4) is 0 Å². The molecule has 0 saturated carbocycles. The summed E-state index contributed by atoms with van der Waals surface area (Å²) in [5.41, 5.74) is 0.614. The lowest BCUT2D eigenvalue weighted by Crippen LogP contribution is -2.47. The van der Waals surface area contributed by atoms with Crippen molar-refractivity contribution in [2.24, 2.45) is 0 Å². The van der Waals surface area contributed by atoms with Crippen LogP contribution >= 0.6 is 0 Å². The molecular weight excluding hydrogens is 262 g/mol. The van der Waals surface area contributed by atoms with Crippen molar-refractivity contribution in [1.82, 2.24) is 4.90 Å². The van der Waals surface area contributed by atoms with Gasteiger partial charge in [0.05, 0.1) is 18.6 Å². The van der Waals surface area contributed by atoms with Crippen LogP contribution in [-0.4, -0.2) is 61.4 Å². The SMILES string of the molecule is COc1cccc(N2CCN(CCO)CC2)c1[N+](=O)[O-]. The average Bonchev–Trinajstić information content (AvgIpc) is 2.47. The van der Waals surface area contributed by atoms with Gasteiger partial charge in [0, 0.05) is 32.7 Å². The molecular formula is C13H19N3O4. The summed E-state index contributed by atoms with van der Waals surface area (Å²) in [5.74, 6) is 0.283. The molecule has 0 radical (unpaired) electrons. The molecule has 1 fully saturated rings. The van der Waals surface area contributed by atoms with Gasteiger partial charge in [-0.25, -0.2) is 0 Å². The molecule has 7 heteroatoms. The summed E-state index contributed by atoms with van der Waals surface area (Å²) in [4.78, 5) is 15.0. The first-order valence-electron chi connectivity index (χ1n) is 6.57. The predicted molar refractivity (Wildman–Crippen MR) is 75.4 cm³/mol. The van der Waals surface area contributed by atoms with Crippen LogP contribution in [-0.2, 0) is 0 Å². The van der Waals surface area contributed by atoms with Crippen LogP contribution in [0.15, 0.2) is 18.2 Å². The van der Waals surface area contributed by atoms with Gasteiger partial charge in [0.15, 0.2) is 5.75 Å². The molecule has 0 amide bonds. The van der Waals surface area contributed by atoms with Crippen molar-refractivity contribution >= 4 is 11.4 Å². The maximum atomic E-state index is 11.3. The number of methoxy groups -OCH3 is 1. The normalized spacial score (nSPS) is 16.2. The number of aliphatic hydroxyl groups is 1. The molecule has 1 aliphatic heterocycles. The van der Waals surface area contributed by atoms with Gasteiger partial charge in [0.1, 0.15) is 5.69 Å². The van der Waals surface area contributed by atoms with Gasteiger partial charge in [-0.3, -0.25) is 15.0 Å². The molecule has 0 aromatic heterocycles.